The number of nitrogens with zero attached hydrogens (tertiary/aromatic N) is 4. The third kappa shape index (κ3) is 3.37. The van der Waals surface area contributed by atoms with Crippen molar-refractivity contribution in [1.82, 2.24) is 24.4 Å². The average molecular weight is 401 g/mol. The minimum absolute atomic E-state index is 0.0846. The first-order valence-corrected chi connectivity index (χ1v) is 10.2. The molecule has 0 atom stereocenters. The van der Waals surface area contributed by atoms with Crippen LogP contribution in [0.4, 0.5) is 0 Å². The van der Waals surface area contributed by atoms with Crippen LogP contribution in [-0.2, 0) is 6.42 Å². The van der Waals surface area contributed by atoms with Crippen LogP contribution in [0, 0.1) is 0 Å². The highest BCUT2D eigenvalue weighted by Crippen LogP contribution is 2.17. The van der Waals surface area contributed by atoms with E-state index in [0.29, 0.717) is 35.2 Å². The van der Waals surface area contributed by atoms with Gasteiger partial charge >= 0.3 is 0 Å². The molecule has 30 heavy (non-hydrogen) atoms. The molecule has 7 nitrogen and oxygen atoms in total. The van der Waals surface area contributed by atoms with Crippen molar-refractivity contribution in [2.75, 3.05) is 32.7 Å². The van der Waals surface area contributed by atoms with Gasteiger partial charge in [-0.3, -0.25) is 14.5 Å². The van der Waals surface area contributed by atoms with Crippen molar-refractivity contribution in [3.63, 3.8) is 0 Å². The number of hydrogen-bond acceptors (Lipinski definition) is 4. The zero-order chi connectivity index (χ0) is 20.5. The number of piperazine rings is 1. The van der Waals surface area contributed by atoms with E-state index in [1.165, 1.54) is 5.56 Å². The van der Waals surface area contributed by atoms with Gasteiger partial charge in [0.15, 0.2) is 0 Å². The fourth-order valence-corrected chi connectivity index (χ4v) is 4.11. The minimum Gasteiger partial charge on any atom is -0.336 e. The highest BCUT2D eigenvalue weighted by Gasteiger charge is 2.25. The Morgan fingerprint density at radius 1 is 0.967 bits per heavy atom. The van der Waals surface area contributed by atoms with E-state index in [0.717, 1.165) is 26.1 Å². The molecule has 2 aromatic heterocycles. The lowest BCUT2D eigenvalue weighted by Crippen LogP contribution is -2.49. The van der Waals surface area contributed by atoms with Gasteiger partial charge in [0.2, 0.25) is 0 Å². The predicted octanol–water partition coefficient (Wildman–Crippen LogP) is 2.18. The largest absolute Gasteiger partial charge is 0.336 e. The van der Waals surface area contributed by atoms with Crippen LogP contribution in [0.15, 0.2) is 65.6 Å². The van der Waals surface area contributed by atoms with Crippen molar-refractivity contribution >= 4 is 22.5 Å². The van der Waals surface area contributed by atoms with Crippen LogP contribution in [-0.4, -0.2) is 63.0 Å². The summed E-state index contributed by atoms with van der Waals surface area (Å²) in [6.45, 7) is 4.02. The van der Waals surface area contributed by atoms with Crippen molar-refractivity contribution in [3.8, 4) is 0 Å². The van der Waals surface area contributed by atoms with E-state index in [2.05, 4.69) is 39.2 Å². The Balaban J connectivity index is 1.30. The standard InChI is InChI=1S/C23H23N5O2/c29-22-18-8-4-5-9-20(18)28-21(25-22)19(16-24-28)23(30)27-14-12-26(13-15-27)11-10-17-6-2-1-3-7-17/h1-9,16H,10-15H2,(H,25,29). The second-order valence-corrected chi connectivity index (χ2v) is 7.66. The number of hydrogen-bond donors (Lipinski definition) is 1. The Hall–Kier alpha value is -3.45. The molecule has 0 saturated carbocycles. The van der Waals surface area contributed by atoms with Gasteiger partial charge in [0, 0.05) is 32.7 Å². The summed E-state index contributed by atoms with van der Waals surface area (Å²) >= 11 is 0. The summed E-state index contributed by atoms with van der Waals surface area (Å²) in [4.78, 5) is 32.7. The second-order valence-electron chi connectivity index (χ2n) is 7.66. The number of aromatic amines is 1. The van der Waals surface area contributed by atoms with Crippen LogP contribution in [0.5, 0.6) is 0 Å². The Bertz CT molecular complexity index is 1250. The summed E-state index contributed by atoms with van der Waals surface area (Å²) in [5.41, 5.74) is 2.71. The Morgan fingerprint density at radius 3 is 2.50 bits per heavy atom. The third-order valence-electron chi connectivity index (χ3n) is 5.83. The second kappa shape index (κ2) is 7.76. The molecule has 2 aromatic carbocycles. The molecule has 0 radical (unpaired) electrons. The fraction of sp³-hybridized carbons (Fsp3) is 0.261. The highest BCUT2D eigenvalue weighted by atomic mass is 16.2. The molecule has 1 saturated heterocycles. The Kier molecular flexibility index (Phi) is 4.80. The minimum atomic E-state index is -0.210. The van der Waals surface area contributed by atoms with Crippen molar-refractivity contribution in [2.24, 2.45) is 0 Å². The molecule has 0 aliphatic carbocycles. The summed E-state index contributed by atoms with van der Waals surface area (Å²) in [7, 11) is 0. The Labute approximate surface area is 173 Å². The molecule has 1 aliphatic heterocycles. The van der Waals surface area contributed by atoms with E-state index in [9.17, 15) is 9.59 Å². The first-order valence-electron chi connectivity index (χ1n) is 10.2. The van der Waals surface area contributed by atoms with E-state index < -0.39 is 0 Å². The smallest absolute Gasteiger partial charge is 0.259 e. The van der Waals surface area contributed by atoms with Crippen LogP contribution >= 0.6 is 0 Å². The number of benzene rings is 2. The lowest BCUT2D eigenvalue weighted by Gasteiger charge is -2.34. The summed E-state index contributed by atoms with van der Waals surface area (Å²) in [6.07, 6.45) is 2.57. The van der Waals surface area contributed by atoms with Crippen molar-refractivity contribution < 1.29 is 4.79 Å². The maximum Gasteiger partial charge on any atom is 0.259 e. The highest BCUT2D eigenvalue weighted by molar-refractivity contribution is 6.00. The van der Waals surface area contributed by atoms with Gasteiger partial charge in [-0.1, -0.05) is 42.5 Å². The van der Waals surface area contributed by atoms with E-state index in [4.69, 9.17) is 0 Å². The number of nitrogens with one attached hydrogen (secondary N) is 1. The molecule has 7 heteroatoms. The van der Waals surface area contributed by atoms with Crippen molar-refractivity contribution in [3.05, 3.63) is 82.3 Å². The summed E-state index contributed by atoms with van der Waals surface area (Å²) in [6, 6.07) is 17.7. The van der Waals surface area contributed by atoms with Crippen LogP contribution in [0.2, 0.25) is 0 Å². The quantitative estimate of drug-likeness (QED) is 0.569. The molecule has 5 rings (SSSR count). The number of para-hydroxylation sites is 1. The van der Waals surface area contributed by atoms with E-state index in [-0.39, 0.29) is 11.5 Å². The van der Waals surface area contributed by atoms with E-state index in [1.54, 1.807) is 16.8 Å². The molecular weight excluding hydrogens is 378 g/mol. The molecule has 1 aliphatic rings. The van der Waals surface area contributed by atoms with Gasteiger partial charge in [0.05, 0.1) is 17.1 Å². The number of carbonyl (C=O) groups is 1. The first-order chi connectivity index (χ1) is 14.7. The molecule has 3 heterocycles. The number of aromatic nitrogens is 3. The number of carbonyl (C=O) groups excluding carboxylic acids is 1. The first kappa shape index (κ1) is 18.6. The van der Waals surface area contributed by atoms with Gasteiger partial charge in [-0.25, -0.2) is 4.52 Å². The van der Waals surface area contributed by atoms with E-state index >= 15 is 0 Å². The zero-order valence-electron chi connectivity index (χ0n) is 16.6. The van der Waals surface area contributed by atoms with Gasteiger partial charge < -0.3 is 9.88 Å². The predicted molar refractivity (Wildman–Crippen MR) is 116 cm³/mol. The maximum atomic E-state index is 13.1. The molecule has 152 valence electrons. The molecule has 1 N–H and O–H groups in total. The lowest BCUT2D eigenvalue weighted by molar-refractivity contribution is 0.0640. The summed E-state index contributed by atoms with van der Waals surface area (Å²) in [5, 5.41) is 4.93. The van der Waals surface area contributed by atoms with Gasteiger partial charge in [0.25, 0.3) is 11.5 Å². The number of rotatable bonds is 4. The van der Waals surface area contributed by atoms with Crippen molar-refractivity contribution in [2.45, 2.75) is 6.42 Å². The molecule has 1 amide bonds. The summed E-state index contributed by atoms with van der Waals surface area (Å²) in [5.74, 6) is -0.0846. The molecule has 0 spiro atoms. The van der Waals surface area contributed by atoms with Gasteiger partial charge in [-0.2, -0.15) is 5.10 Å². The van der Waals surface area contributed by atoms with Gasteiger partial charge in [-0.15, -0.1) is 0 Å². The summed E-state index contributed by atoms with van der Waals surface area (Å²) < 4.78 is 1.64. The molecule has 1 fully saturated rings. The van der Waals surface area contributed by atoms with Crippen LogP contribution in [0.1, 0.15) is 15.9 Å². The molecule has 4 aromatic rings. The topological polar surface area (TPSA) is 73.7 Å². The number of amides is 1. The van der Waals surface area contributed by atoms with Crippen LogP contribution < -0.4 is 5.56 Å². The normalized spacial score (nSPS) is 15.1. The van der Waals surface area contributed by atoms with Gasteiger partial charge in [-0.05, 0) is 24.1 Å². The maximum absolute atomic E-state index is 13.1. The van der Waals surface area contributed by atoms with Crippen LogP contribution in [0.25, 0.3) is 16.6 Å². The molecular formula is C23H23N5O2. The molecule has 0 unspecified atom stereocenters. The SMILES string of the molecule is O=C(c1cnn2c1[nH]c(=O)c1ccccc12)N1CCN(CCc2ccccc2)CC1. The average Bonchev–Trinajstić information content (AvgIpc) is 3.22. The molecule has 0 bridgehead atoms. The zero-order valence-corrected chi connectivity index (χ0v) is 16.6. The number of H-pyrrole nitrogens is 1. The van der Waals surface area contributed by atoms with Crippen LogP contribution in [0.3, 0.4) is 0 Å². The fourth-order valence-electron chi connectivity index (χ4n) is 4.11. The van der Waals surface area contributed by atoms with Gasteiger partial charge in [0.1, 0.15) is 11.2 Å². The number of fused-ring (bicyclic) bond motifs is 3. The third-order valence-corrected chi connectivity index (χ3v) is 5.83. The van der Waals surface area contributed by atoms with Crippen molar-refractivity contribution in [1.29, 1.82) is 0 Å². The monoisotopic (exact) mass is 401 g/mol. The Morgan fingerprint density at radius 2 is 1.70 bits per heavy atom. The lowest BCUT2D eigenvalue weighted by atomic mass is 10.1. The van der Waals surface area contributed by atoms with E-state index in [1.807, 2.05) is 29.2 Å².